The van der Waals surface area contributed by atoms with Crippen LogP contribution in [-0.2, 0) is 4.79 Å². The van der Waals surface area contributed by atoms with E-state index >= 15 is 0 Å². The first kappa shape index (κ1) is 13.9. The fraction of sp³-hybridized carbons (Fsp3) is 0.842. The third-order valence-corrected chi connectivity index (χ3v) is 7.40. The van der Waals surface area contributed by atoms with Crippen molar-refractivity contribution in [3.63, 3.8) is 0 Å². The molecule has 4 aliphatic rings. The average molecular weight is 287 g/mol. The molecule has 0 aromatic carbocycles. The molecule has 1 N–H and O–H groups in total. The first-order valence-electron chi connectivity index (χ1n) is 8.77. The molecule has 21 heavy (non-hydrogen) atoms. The Bertz CT molecular complexity index is 492. The smallest absolute Gasteiger partial charge is 0.390 e. The van der Waals surface area contributed by atoms with Crippen molar-refractivity contribution in [1.82, 2.24) is 0 Å². The highest BCUT2D eigenvalue weighted by molar-refractivity contribution is 5.94. The summed E-state index contributed by atoms with van der Waals surface area (Å²) in [5.41, 5.74) is -0.581. The van der Waals surface area contributed by atoms with Crippen LogP contribution in [0.5, 0.6) is 0 Å². The minimum atomic E-state index is -0.436. The Labute approximate surface area is 128 Å². The molecule has 3 fully saturated rings. The summed E-state index contributed by atoms with van der Waals surface area (Å²) in [5, 5.41) is 10.4. The van der Waals surface area contributed by atoms with E-state index in [1.165, 1.54) is 25.7 Å². The zero-order valence-corrected chi connectivity index (χ0v) is 13.3. The second kappa shape index (κ2) is 4.40. The van der Waals surface area contributed by atoms with E-state index in [1.807, 2.05) is 6.92 Å². The second-order valence-corrected chi connectivity index (χ2v) is 8.69. The number of rotatable bonds is 0. The highest BCUT2D eigenvalue weighted by Gasteiger charge is 2.61. The van der Waals surface area contributed by atoms with Crippen molar-refractivity contribution < 1.29 is 9.90 Å². The molecule has 7 atom stereocenters. The van der Waals surface area contributed by atoms with Crippen LogP contribution < -0.4 is 0 Å². The van der Waals surface area contributed by atoms with Gasteiger partial charge in [-0.2, -0.15) is 0 Å². The molecular weight excluding hydrogens is 260 g/mol. The van der Waals surface area contributed by atoms with Crippen LogP contribution in [0.25, 0.3) is 0 Å². The summed E-state index contributed by atoms with van der Waals surface area (Å²) in [6, 6.07) is 0. The van der Waals surface area contributed by atoms with Gasteiger partial charge in [-0.3, -0.25) is 0 Å². The zero-order chi connectivity index (χ0) is 14.8. The van der Waals surface area contributed by atoms with E-state index < -0.39 is 5.60 Å². The van der Waals surface area contributed by atoms with E-state index in [0.717, 1.165) is 31.1 Å². The third kappa shape index (κ3) is 1.95. The highest BCUT2D eigenvalue weighted by Crippen LogP contribution is 2.60. The fourth-order valence-electron chi connectivity index (χ4n) is 6.23. The lowest BCUT2D eigenvalue weighted by Gasteiger charge is -2.54. The molecule has 3 saturated carbocycles. The van der Waals surface area contributed by atoms with Gasteiger partial charge in [0.2, 0.25) is 0 Å². The zero-order valence-electron chi connectivity index (χ0n) is 13.3. The number of carbonyl (C=O) groups is 1. The van der Waals surface area contributed by atoms with Crippen LogP contribution in [0.4, 0.5) is 0 Å². The van der Waals surface area contributed by atoms with Gasteiger partial charge >= 0.3 is 11.9 Å². The van der Waals surface area contributed by atoms with Crippen LogP contribution in [0.1, 0.15) is 58.8 Å². The van der Waals surface area contributed by atoms with Crippen molar-refractivity contribution >= 4 is 5.78 Å². The molecule has 0 spiro atoms. The van der Waals surface area contributed by atoms with Crippen molar-refractivity contribution in [2.24, 2.45) is 35.0 Å². The van der Waals surface area contributed by atoms with Crippen molar-refractivity contribution in [1.29, 1.82) is 0 Å². The molecule has 0 amide bonds. The number of ketones is 1. The molecule has 0 heterocycles. The Morgan fingerprint density at radius 3 is 2.67 bits per heavy atom. The molecule has 114 valence electrons. The molecule has 0 aromatic heterocycles. The lowest BCUT2D eigenvalue weighted by Crippen LogP contribution is -2.50. The molecule has 0 unspecified atom stereocenters. The molecule has 2 heteroatoms. The van der Waals surface area contributed by atoms with Crippen molar-refractivity contribution in [3.05, 3.63) is 12.2 Å². The van der Waals surface area contributed by atoms with Crippen LogP contribution in [-0.4, -0.2) is 16.5 Å². The number of hydrogen-bond acceptors (Lipinski definition) is 2. The Morgan fingerprint density at radius 2 is 1.86 bits per heavy atom. The van der Waals surface area contributed by atoms with Gasteiger partial charge in [-0.25, -0.2) is 4.79 Å². The Hall–Kier alpha value is -0.720. The first-order valence-corrected chi connectivity index (χ1v) is 8.77. The number of hydrogen-bond donors (Lipinski definition) is 1. The van der Waals surface area contributed by atoms with Crippen molar-refractivity contribution in [2.75, 3.05) is 0 Å². The molecule has 0 saturated heterocycles. The molecule has 0 radical (unpaired) electrons. The Morgan fingerprint density at radius 1 is 1.10 bits per heavy atom. The number of carbonyl (C=O) groups excluding carboxylic acids is 1. The van der Waals surface area contributed by atoms with E-state index in [4.69, 9.17) is 0 Å². The van der Waals surface area contributed by atoms with Crippen LogP contribution in [0, 0.1) is 41.1 Å². The fourth-order valence-corrected chi connectivity index (χ4v) is 6.23. The normalized spacial score (nSPS) is 55.4. The van der Waals surface area contributed by atoms with Crippen LogP contribution in [0.3, 0.4) is 0 Å². The standard InChI is InChI=1S/C19H27O2/c1-18(21)9-7-13-12(11-18)3-4-15-14(13)8-10-19(2)16(15)5-6-17(19)20/h5,12-16,21H,3-4,7-11H2,1-2H3/q+1/t12-,13+,14-,15-,16+,18-,19+/m1/s1. The van der Waals surface area contributed by atoms with E-state index in [1.54, 1.807) is 0 Å². The molecule has 4 aliphatic carbocycles. The number of fused-ring (bicyclic) bond motifs is 5. The van der Waals surface area contributed by atoms with Gasteiger partial charge < -0.3 is 5.11 Å². The van der Waals surface area contributed by atoms with Crippen LogP contribution in [0.2, 0.25) is 0 Å². The van der Waals surface area contributed by atoms with E-state index in [2.05, 4.69) is 19.1 Å². The maximum absolute atomic E-state index is 12.2. The number of aliphatic hydroxyl groups is 1. The maximum Gasteiger partial charge on any atom is 0.397 e. The third-order valence-electron chi connectivity index (χ3n) is 7.40. The molecular formula is C19H27O2+. The van der Waals surface area contributed by atoms with Gasteiger partial charge in [0.1, 0.15) is 0 Å². The van der Waals surface area contributed by atoms with E-state index in [-0.39, 0.29) is 11.2 Å². The predicted octanol–water partition coefficient (Wildman–Crippen LogP) is 3.54. The lowest BCUT2D eigenvalue weighted by molar-refractivity contribution is -0.133. The average Bonchev–Trinajstić information content (AvgIpc) is 2.73. The van der Waals surface area contributed by atoms with Gasteiger partial charge in [0, 0.05) is 5.92 Å². The topological polar surface area (TPSA) is 37.3 Å². The number of Topliss-reactive ketones (excluding diaryl/α,β-unsaturated/α-hetero) is 1. The molecule has 0 aliphatic heterocycles. The molecule has 4 rings (SSSR count). The highest BCUT2D eigenvalue weighted by atomic mass is 16.3. The lowest BCUT2D eigenvalue weighted by atomic mass is 9.50. The quantitative estimate of drug-likeness (QED) is 0.692. The van der Waals surface area contributed by atoms with Gasteiger partial charge in [-0.15, -0.1) is 0 Å². The summed E-state index contributed by atoms with van der Waals surface area (Å²) in [6.45, 7) is 4.19. The second-order valence-electron chi connectivity index (χ2n) is 8.69. The van der Waals surface area contributed by atoms with Crippen LogP contribution >= 0.6 is 0 Å². The van der Waals surface area contributed by atoms with Crippen molar-refractivity contribution in [3.8, 4) is 0 Å². The Kier molecular flexibility index (Phi) is 2.91. The molecule has 2 nitrogen and oxygen atoms in total. The summed E-state index contributed by atoms with van der Waals surface area (Å²) in [4.78, 5) is 12.2. The largest absolute Gasteiger partial charge is 0.397 e. The number of allylic oxidation sites excluding steroid dienone is 2. The Balaban J connectivity index is 1.58. The van der Waals surface area contributed by atoms with Gasteiger partial charge in [0.05, 0.1) is 11.0 Å². The van der Waals surface area contributed by atoms with Gasteiger partial charge in [0.25, 0.3) is 0 Å². The summed E-state index contributed by atoms with van der Waals surface area (Å²) in [6.07, 6.45) is 13.0. The SMILES string of the molecule is C[C@@]1(O)CC[C@H]2[C@H](CC[C@@H]3[C@@H]2CC[C@]2(C)C(=O)[C+]=C[C@@H]32)C1. The molecule has 0 bridgehead atoms. The predicted molar refractivity (Wildman–Crippen MR) is 81.3 cm³/mol. The van der Waals surface area contributed by atoms with Crippen LogP contribution in [0.15, 0.2) is 6.08 Å². The van der Waals surface area contributed by atoms with Gasteiger partial charge in [0.15, 0.2) is 6.08 Å². The summed E-state index contributed by atoms with van der Waals surface area (Å²) >= 11 is 0. The van der Waals surface area contributed by atoms with Crippen molar-refractivity contribution in [2.45, 2.75) is 64.4 Å². The summed E-state index contributed by atoms with van der Waals surface area (Å²) in [5.74, 6) is 3.66. The minimum Gasteiger partial charge on any atom is -0.390 e. The first-order chi connectivity index (χ1) is 9.91. The van der Waals surface area contributed by atoms with Gasteiger partial charge in [-0.1, -0.05) is 0 Å². The monoisotopic (exact) mass is 287 g/mol. The summed E-state index contributed by atoms with van der Waals surface area (Å²) < 4.78 is 0. The molecule has 0 aromatic rings. The maximum atomic E-state index is 12.2. The van der Waals surface area contributed by atoms with E-state index in [9.17, 15) is 9.90 Å². The minimum absolute atomic E-state index is 0.145. The summed E-state index contributed by atoms with van der Waals surface area (Å²) in [7, 11) is 0. The van der Waals surface area contributed by atoms with E-state index in [0.29, 0.717) is 17.8 Å². The van der Waals surface area contributed by atoms with Gasteiger partial charge in [-0.05, 0) is 82.5 Å².